The number of carboxylic acids is 1. The molecule has 0 unspecified atom stereocenters. The van der Waals surface area contributed by atoms with E-state index < -0.39 is 12.0 Å². The first kappa shape index (κ1) is 15.8. The van der Waals surface area contributed by atoms with Crippen molar-refractivity contribution < 1.29 is 24.9 Å². The number of anilines is 1. The Bertz CT molecular complexity index is 518. The Kier molecular flexibility index (Phi) is 5.55. The topological polar surface area (TPSA) is 90.3 Å². The summed E-state index contributed by atoms with van der Waals surface area (Å²) in [4.78, 5) is 24.2. The van der Waals surface area contributed by atoms with Gasteiger partial charge in [-0.3, -0.25) is 4.79 Å². The molecule has 2 rings (SSSR count). The Hall–Kier alpha value is -1.63. The fourth-order valence-corrected chi connectivity index (χ4v) is 2.74. The number of nitrogens with one attached hydrogen (secondary N) is 2. The van der Waals surface area contributed by atoms with E-state index in [0.717, 1.165) is 31.1 Å². The van der Waals surface area contributed by atoms with Gasteiger partial charge in [-0.2, -0.15) is 0 Å². The van der Waals surface area contributed by atoms with Crippen molar-refractivity contribution in [2.24, 2.45) is 0 Å². The Morgan fingerprint density at radius 2 is 2.10 bits per heavy atom. The number of nitrogens with two attached hydrogens (primary N) is 1. The van der Waals surface area contributed by atoms with Crippen LogP contribution in [-0.4, -0.2) is 44.1 Å². The van der Waals surface area contributed by atoms with E-state index in [1.165, 1.54) is 0 Å². The third-order valence-electron chi connectivity index (χ3n) is 3.61. The molecule has 1 aliphatic rings. The molecule has 1 fully saturated rings. The van der Waals surface area contributed by atoms with E-state index in [1.807, 2.05) is 0 Å². The first-order valence-electron chi connectivity index (χ1n) is 6.99. The number of carbonyl (C=O) groups is 2. The average molecular weight is 313 g/mol. The summed E-state index contributed by atoms with van der Waals surface area (Å²) in [6, 6.07) is 5.95. The van der Waals surface area contributed by atoms with E-state index in [9.17, 15) is 14.7 Å². The van der Waals surface area contributed by atoms with Gasteiger partial charge in [0.15, 0.2) is 0 Å². The number of benzene rings is 1. The summed E-state index contributed by atoms with van der Waals surface area (Å²) < 4.78 is 0. The Labute approximate surface area is 128 Å². The highest BCUT2D eigenvalue weighted by Crippen LogP contribution is 2.15. The van der Waals surface area contributed by atoms with E-state index in [2.05, 4.69) is 10.6 Å². The van der Waals surface area contributed by atoms with Gasteiger partial charge in [0.25, 0.3) is 0 Å². The zero-order valence-electron chi connectivity index (χ0n) is 11.6. The van der Waals surface area contributed by atoms with Crippen LogP contribution in [0.4, 0.5) is 5.69 Å². The van der Waals surface area contributed by atoms with E-state index in [1.54, 1.807) is 24.3 Å². The van der Waals surface area contributed by atoms with Crippen LogP contribution in [0.25, 0.3) is 0 Å². The molecule has 1 aromatic rings. The molecule has 0 saturated carbocycles. The predicted octanol–water partition coefficient (Wildman–Crippen LogP) is -2.75. The fraction of sp³-hybridized carbons (Fsp3) is 0.429. The van der Waals surface area contributed by atoms with Gasteiger partial charge in [-0.15, -0.1) is 0 Å². The normalized spacial score (nSPS) is 17.2. The molecule has 4 N–H and O–H groups in total. The van der Waals surface area contributed by atoms with E-state index >= 15 is 0 Å². The zero-order valence-corrected chi connectivity index (χ0v) is 12.4. The molecule has 0 aromatic heterocycles. The second-order valence-electron chi connectivity index (χ2n) is 5.16. The monoisotopic (exact) mass is 312 g/mol. The van der Waals surface area contributed by atoms with Gasteiger partial charge in [0, 0.05) is 10.7 Å². The molecular weight excluding hydrogens is 294 g/mol. The highest BCUT2D eigenvalue weighted by molar-refractivity contribution is 6.30. The van der Waals surface area contributed by atoms with E-state index in [4.69, 9.17) is 11.6 Å². The van der Waals surface area contributed by atoms with Gasteiger partial charge in [0.2, 0.25) is 5.91 Å². The van der Waals surface area contributed by atoms with E-state index in [0.29, 0.717) is 10.7 Å². The molecule has 6 nitrogen and oxygen atoms in total. The van der Waals surface area contributed by atoms with Crippen molar-refractivity contribution >= 4 is 29.2 Å². The lowest BCUT2D eigenvalue weighted by molar-refractivity contribution is -0.961. The first-order chi connectivity index (χ1) is 10.1. The molecule has 0 bridgehead atoms. The van der Waals surface area contributed by atoms with Crippen LogP contribution in [0.3, 0.4) is 0 Å². The summed E-state index contributed by atoms with van der Waals surface area (Å²) in [5, 5.41) is 16.6. The molecule has 1 aliphatic heterocycles. The minimum absolute atomic E-state index is 0.0931. The quantitative estimate of drug-likeness (QED) is 0.550. The lowest BCUT2D eigenvalue weighted by Gasteiger charge is -2.30. The lowest BCUT2D eigenvalue weighted by atomic mass is 10.1. The summed E-state index contributed by atoms with van der Waals surface area (Å²) >= 11 is 5.84. The van der Waals surface area contributed by atoms with Crippen LogP contribution in [0.5, 0.6) is 0 Å². The van der Waals surface area contributed by atoms with Gasteiger partial charge in [-0.25, -0.2) is 0 Å². The second kappa shape index (κ2) is 7.40. The number of hydrogen-bond acceptors (Lipinski definition) is 3. The van der Waals surface area contributed by atoms with Crippen LogP contribution in [0, 0.1) is 0 Å². The van der Waals surface area contributed by atoms with Gasteiger partial charge in [-0.1, -0.05) is 17.7 Å². The number of rotatable bonds is 5. The molecule has 7 heteroatoms. The van der Waals surface area contributed by atoms with E-state index in [-0.39, 0.29) is 12.3 Å². The van der Waals surface area contributed by atoms with Crippen molar-refractivity contribution in [1.82, 2.24) is 0 Å². The third-order valence-corrected chi connectivity index (χ3v) is 3.85. The SMILES string of the molecule is O=C(C[C@@H](C(=O)[O-])[NH+]1CC[NH2+]CC1)Nc1cccc(Cl)c1. The summed E-state index contributed by atoms with van der Waals surface area (Å²) in [5.41, 5.74) is 0.562. The van der Waals surface area contributed by atoms with Crippen LogP contribution >= 0.6 is 11.6 Å². The predicted molar refractivity (Wildman–Crippen MR) is 75.8 cm³/mol. The van der Waals surface area contributed by atoms with Crippen molar-refractivity contribution in [3.8, 4) is 0 Å². The van der Waals surface area contributed by atoms with Gasteiger partial charge in [0.05, 0.1) is 12.4 Å². The number of aliphatic carboxylic acids is 1. The van der Waals surface area contributed by atoms with Gasteiger partial charge in [0.1, 0.15) is 32.2 Å². The Morgan fingerprint density at radius 1 is 1.38 bits per heavy atom. The maximum atomic E-state index is 12.0. The summed E-state index contributed by atoms with van der Waals surface area (Å²) in [5.74, 6) is -1.51. The minimum atomic E-state index is -1.17. The number of quaternary nitrogens is 2. The number of piperazine rings is 1. The van der Waals surface area contributed by atoms with Crippen LogP contribution in [0.2, 0.25) is 5.02 Å². The Morgan fingerprint density at radius 3 is 2.71 bits per heavy atom. The Balaban J connectivity index is 1.96. The molecule has 114 valence electrons. The minimum Gasteiger partial charge on any atom is -0.544 e. The molecule has 1 amide bonds. The van der Waals surface area contributed by atoms with Crippen LogP contribution in [0.15, 0.2) is 24.3 Å². The summed E-state index contributed by atoms with van der Waals surface area (Å²) in [7, 11) is 0. The maximum Gasteiger partial charge on any atom is 0.230 e. The van der Waals surface area contributed by atoms with Crippen molar-refractivity contribution in [2.45, 2.75) is 12.5 Å². The smallest absolute Gasteiger partial charge is 0.230 e. The largest absolute Gasteiger partial charge is 0.544 e. The highest BCUT2D eigenvalue weighted by atomic mass is 35.5. The van der Waals surface area contributed by atoms with Crippen molar-refractivity contribution in [1.29, 1.82) is 0 Å². The van der Waals surface area contributed by atoms with Gasteiger partial charge in [-0.05, 0) is 18.2 Å². The van der Waals surface area contributed by atoms with Crippen molar-refractivity contribution in [3.63, 3.8) is 0 Å². The van der Waals surface area contributed by atoms with Gasteiger partial charge >= 0.3 is 0 Å². The summed E-state index contributed by atoms with van der Waals surface area (Å²) in [6.07, 6.45) is -0.0931. The standard InChI is InChI=1S/C14H18ClN3O3/c15-10-2-1-3-11(8-10)17-13(19)9-12(14(20)21)18-6-4-16-5-7-18/h1-3,8,12,16H,4-7,9H2,(H,17,19)(H,20,21)/p+1/t12-/m0/s1. The fourth-order valence-electron chi connectivity index (χ4n) is 2.55. The summed E-state index contributed by atoms with van der Waals surface area (Å²) in [6.45, 7) is 3.19. The molecule has 1 aromatic carbocycles. The van der Waals surface area contributed by atoms with Crippen LogP contribution in [0.1, 0.15) is 6.42 Å². The lowest BCUT2D eigenvalue weighted by Crippen LogP contribution is -3.24. The van der Waals surface area contributed by atoms with Gasteiger partial charge < -0.3 is 25.4 Å². The molecule has 0 aliphatic carbocycles. The molecule has 1 atom stereocenters. The van der Waals surface area contributed by atoms with Crippen molar-refractivity contribution in [2.75, 3.05) is 31.5 Å². The second-order valence-corrected chi connectivity index (χ2v) is 5.59. The first-order valence-corrected chi connectivity index (χ1v) is 7.36. The number of carboxylic acid groups (broad SMARTS) is 1. The molecule has 0 radical (unpaired) electrons. The average Bonchev–Trinajstić information content (AvgIpc) is 2.45. The molecule has 1 heterocycles. The molecular formula is C14H19ClN3O3+. The van der Waals surface area contributed by atoms with Crippen molar-refractivity contribution in [3.05, 3.63) is 29.3 Å². The number of hydrogen-bond donors (Lipinski definition) is 3. The number of carbonyl (C=O) groups excluding carboxylic acids is 2. The number of halogens is 1. The van der Waals surface area contributed by atoms with Crippen LogP contribution in [-0.2, 0) is 9.59 Å². The highest BCUT2D eigenvalue weighted by Gasteiger charge is 2.29. The zero-order chi connectivity index (χ0) is 15.2. The third kappa shape index (κ3) is 4.70. The van der Waals surface area contributed by atoms with Crippen LogP contribution < -0.4 is 20.6 Å². The maximum absolute atomic E-state index is 12.0. The molecule has 21 heavy (non-hydrogen) atoms. The molecule has 0 spiro atoms. The molecule has 1 saturated heterocycles. The number of amides is 1.